The second-order valence-electron chi connectivity index (χ2n) is 5.00. The smallest absolute Gasteiger partial charge is 0.355 e. The Morgan fingerprint density at radius 1 is 1.26 bits per heavy atom. The van der Waals surface area contributed by atoms with E-state index in [4.69, 9.17) is 0 Å². The van der Waals surface area contributed by atoms with Gasteiger partial charge in [0.05, 0.1) is 12.0 Å². The van der Waals surface area contributed by atoms with Gasteiger partial charge in [-0.15, -0.1) is 10.2 Å². The summed E-state index contributed by atoms with van der Waals surface area (Å²) in [6.45, 7) is 3.12. The number of carbonyl (C=O) groups excluding carboxylic acids is 1. The second-order valence-corrected chi connectivity index (χ2v) is 5.00. The quantitative estimate of drug-likeness (QED) is 0.885. The van der Waals surface area contributed by atoms with Crippen LogP contribution in [-0.4, -0.2) is 27.2 Å². The number of aromatic nitrogens is 3. The summed E-state index contributed by atoms with van der Waals surface area (Å²) < 4.78 is 39.2. The third kappa shape index (κ3) is 4.80. The Morgan fingerprint density at radius 2 is 1.96 bits per heavy atom. The van der Waals surface area contributed by atoms with Gasteiger partial charge in [-0.05, 0) is 24.6 Å². The first-order valence-corrected chi connectivity index (χ1v) is 7.19. The predicted octanol–water partition coefficient (Wildman–Crippen LogP) is 2.22. The van der Waals surface area contributed by atoms with Crippen molar-refractivity contribution in [1.82, 2.24) is 20.1 Å². The van der Waals surface area contributed by atoms with Crippen molar-refractivity contribution >= 4 is 5.91 Å². The Bertz CT molecular complexity index is 649. The van der Waals surface area contributed by atoms with E-state index in [2.05, 4.69) is 15.5 Å². The topological polar surface area (TPSA) is 59.8 Å². The van der Waals surface area contributed by atoms with Gasteiger partial charge in [0.2, 0.25) is 5.91 Å². The molecule has 1 aromatic heterocycles. The zero-order chi connectivity index (χ0) is 16.9. The van der Waals surface area contributed by atoms with E-state index in [-0.39, 0.29) is 12.3 Å². The molecule has 1 N–H and O–H groups in total. The molecule has 0 spiro atoms. The van der Waals surface area contributed by atoms with Gasteiger partial charge in [0, 0.05) is 19.5 Å². The lowest BCUT2D eigenvalue weighted by Crippen LogP contribution is -2.28. The maximum atomic E-state index is 12.5. The van der Waals surface area contributed by atoms with Crippen molar-refractivity contribution < 1.29 is 18.0 Å². The van der Waals surface area contributed by atoms with E-state index in [9.17, 15) is 18.0 Å². The molecule has 0 unspecified atom stereocenters. The summed E-state index contributed by atoms with van der Waals surface area (Å²) in [4.78, 5) is 11.8. The predicted molar refractivity (Wildman–Crippen MR) is 77.6 cm³/mol. The number of carbonyl (C=O) groups is 1. The normalized spacial score (nSPS) is 11.5. The summed E-state index contributed by atoms with van der Waals surface area (Å²) in [6.07, 6.45) is -2.15. The summed E-state index contributed by atoms with van der Waals surface area (Å²) in [5.74, 6) is 0.537. The van der Waals surface area contributed by atoms with Gasteiger partial charge in [0.15, 0.2) is 0 Å². The summed E-state index contributed by atoms with van der Waals surface area (Å²) in [6, 6.07) is 4.59. The van der Waals surface area contributed by atoms with Crippen molar-refractivity contribution in [2.45, 2.75) is 32.5 Å². The standard InChI is InChI=1S/C15H17F3N4O/c1-2-22-10-20-21-13(22)7-8-19-14(23)9-11-3-5-12(6-4-11)15(16,17)18/h3-6,10H,2,7-9H2,1H3,(H,19,23). The fourth-order valence-electron chi connectivity index (χ4n) is 2.11. The molecule has 0 atom stereocenters. The maximum absolute atomic E-state index is 12.5. The van der Waals surface area contributed by atoms with Crippen LogP contribution in [0.5, 0.6) is 0 Å². The second kappa shape index (κ2) is 7.26. The summed E-state index contributed by atoms with van der Waals surface area (Å²) >= 11 is 0. The van der Waals surface area contributed by atoms with Crippen molar-refractivity contribution in [2.24, 2.45) is 0 Å². The first-order valence-electron chi connectivity index (χ1n) is 7.19. The Balaban J connectivity index is 1.81. The Morgan fingerprint density at radius 3 is 2.57 bits per heavy atom. The molecule has 1 heterocycles. The van der Waals surface area contributed by atoms with E-state index in [0.717, 1.165) is 24.5 Å². The van der Waals surface area contributed by atoms with E-state index in [1.165, 1.54) is 12.1 Å². The van der Waals surface area contributed by atoms with Crippen molar-refractivity contribution in [3.05, 3.63) is 47.5 Å². The fraction of sp³-hybridized carbons (Fsp3) is 0.400. The lowest BCUT2D eigenvalue weighted by molar-refractivity contribution is -0.137. The number of nitrogens with zero attached hydrogens (tertiary/aromatic N) is 3. The molecule has 0 bridgehead atoms. The molecule has 1 aromatic carbocycles. The minimum Gasteiger partial charge on any atom is -0.355 e. The Labute approximate surface area is 131 Å². The molecule has 2 aromatic rings. The van der Waals surface area contributed by atoms with Crippen LogP contribution in [0.15, 0.2) is 30.6 Å². The average Bonchev–Trinajstić information content (AvgIpc) is 2.94. The number of halogens is 3. The third-order valence-corrected chi connectivity index (χ3v) is 3.35. The summed E-state index contributed by atoms with van der Waals surface area (Å²) in [5, 5.41) is 10.5. The summed E-state index contributed by atoms with van der Waals surface area (Å²) in [7, 11) is 0. The van der Waals surface area contributed by atoms with Crippen LogP contribution in [0.2, 0.25) is 0 Å². The van der Waals surface area contributed by atoms with E-state index in [1.54, 1.807) is 6.33 Å². The maximum Gasteiger partial charge on any atom is 0.416 e. The van der Waals surface area contributed by atoms with Crippen LogP contribution in [0, 0.1) is 0 Å². The number of amides is 1. The molecule has 1 amide bonds. The van der Waals surface area contributed by atoms with Gasteiger partial charge in [-0.2, -0.15) is 13.2 Å². The van der Waals surface area contributed by atoms with Crippen LogP contribution >= 0.6 is 0 Å². The minimum atomic E-state index is -4.37. The molecular weight excluding hydrogens is 309 g/mol. The highest BCUT2D eigenvalue weighted by molar-refractivity contribution is 5.78. The highest BCUT2D eigenvalue weighted by Crippen LogP contribution is 2.29. The lowest BCUT2D eigenvalue weighted by atomic mass is 10.1. The number of hydrogen-bond donors (Lipinski definition) is 1. The number of aryl methyl sites for hydroxylation is 1. The molecule has 0 aliphatic rings. The summed E-state index contributed by atoms with van der Waals surface area (Å²) in [5.41, 5.74) is -0.187. The van der Waals surface area contributed by atoms with Crippen molar-refractivity contribution in [3.63, 3.8) is 0 Å². The molecule has 0 aliphatic heterocycles. The molecule has 0 radical (unpaired) electrons. The minimum absolute atomic E-state index is 0.0403. The van der Waals surface area contributed by atoms with Crippen LogP contribution < -0.4 is 5.32 Å². The van der Waals surface area contributed by atoms with E-state index in [1.807, 2.05) is 11.5 Å². The fourth-order valence-corrected chi connectivity index (χ4v) is 2.11. The van der Waals surface area contributed by atoms with Gasteiger partial charge in [-0.3, -0.25) is 4.79 Å². The van der Waals surface area contributed by atoms with Crippen molar-refractivity contribution in [1.29, 1.82) is 0 Å². The Kier molecular flexibility index (Phi) is 5.36. The SMILES string of the molecule is CCn1cnnc1CCNC(=O)Cc1ccc(C(F)(F)F)cc1. The molecule has 0 saturated carbocycles. The molecule has 0 fully saturated rings. The molecule has 0 aliphatic carbocycles. The monoisotopic (exact) mass is 326 g/mol. The zero-order valence-corrected chi connectivity index (χ0v) is 12.6. The largest absolute Gasteiger partial charge is 0.416 e. The number of nitrogens with one attached hydrogen (secondary N) is 1. The first-order chi connectivity index (χ1) is 10.9. The van der Waals surface area contributed by atoms with Crippen molar-refractivity contribution in [3.8, 4) is 0 Å². The van der Waals surface area contributed by atoms with Crippen LogP contribution in [0.3, 0.4) is 0 Å². The van der Waals surface area contributed by atoms with Crippen LogP contribution in [0.25, 0.3) is 0 Å². The van der Waals surface area contributed by atoms with Gasteiger partial charge >= 0.3 is 6.18 Å². The number of alkyl halides is 3. The van der Waals surface area contributed by atoms with E-state index in [0.29, 0.717) is 18.5 Å². The number of benzene rings is 1. The number of hydrogen-bond acceptors (Lipinski definition) is 3. The first kappa shape index (κ1) is 17.0. The average molecular weight is 326 g/mol. The number of rotatable bonds is 6. The van der Waals surface area contributed by atoms with Gasteiger partial charge in [-0.25, -0.2) is 0 Å². The van der Waals surface area contributed by atoms with Crippen LogP contribution in [0.1, 0.15) is 23.9 Å². The zero-order valence-electron chi connectivity index (χ0n) is 12.6. The molecular formula is C15H17F3N4O. The highest BCUT2D eigenvalue weighted by atomic mass is 19.4. The van der Waals surface area contributed by atoms with E-state index < -0.39 is 11.7 Å². The van der Waals surface area contributed by atoms with Gasteiger partial charge in [-0.1, -0.05) is 12.1 Å². The lowest BCUT2D eigenvalue weighted by Gasteiger charge is -2.08. The van der Waals surface area contributed by atoms with Crippen LogP contribution in [-0.2, 0) is 30.4 Å². The Hall–Kier alpha value is -2.38. The molecule has 5 nitrogen and oxygen atoms in total. The van der Waals surface area contributed by atoms with Gasteiger partial charge in [0.1, 0.15) is 12.2 Å². The van der Waals surface area contributed by atoms with E-state index >= 15 is 0 Å². The molecule has 124 valence electrons. The highest BCUT2D eigenvalue weighted by Gasteiger charge is 2.29. The molecule has 23 heavy (non-hydrogen) atoms. The van der Waals surface area contributed by atoms with Crippen molar-refractivity contribution in [2.75, 3.05) is 6.54 Å². The molecule has 0 saturated heterocycles. The van der Waals surface area contributed by atoms with Crippen LogP contribution in [0.4, 0.5) is 13.2 Å². The van der Waals surface area contributed by atoms with Gasteiger partial charge < -0.3 is 9.88 Å². The molecule has 2 rings (SSSR count). The molecule has 8 heteroatoms. The third-order valence-electron chi connectivity index (χ3n) is 3.35. The van der Waals surface area contributed by atoms with Gasteiger partial charge in [0.25, 0.3) is 0 Å².